The number of hydrogen-bond acceptors (Lipinski definition) is 7. The quantitative estimate of drug-likeness (QED) is 0.252. The molecule has 3 aromatic rings. The maximum absolute atomic E-state index is 11.6. The minimum atomic E-state index is -0.649. The molecule has 2 fully saturated rings. The molecule has 0 bridgehead atoms. The van der Waals surface area contributed by atoms with Crippen LogP contribution in [0.25, 0.3) is 0 Å². The normalized spacial score (nSPS) is 25.0. The molecule has 9 nitrogen and oxygen atoms in total. The van der Waals surface area contributed by atoms with Crippen LogP contribution in [-0.2, 0) is 30.1 Å². The number of aliphatic carboxylic acids is 1. The number of aryl methyl sites for hydroxylation is 2. The highest BCUT2D eigenvalue weighted by atomic mass is 16.4. The fourth-order valence-corrected chi connectivity index (χ4v) is 8.39. The number of rotatable bonds is 11. The molecule has 1 aliphatic heterocycles. The van der Waals surface area contributed by atoms with E-state index in [-0.39, 0.29) is 23.4 Å². The van der Waals surface area contributed by atoms with E-state index in [1.165, 1.54) is 36.0 Å². The summed E-state index contributed by atoms with van der Waals surface area (Å²) >= 11 is 0. The maximum atomic E-state index is 11.6. The third kappa shape index (κ3) is 7.09. The van der Waals surface area contributed by atoms with Gasteiger partial charge in [0.2, 0.25) is 5.95 Å². The summed E-state index contributed by atoms with van der Waals surface area (Å²) in [5.41, 5.74) is 4.94. The third-order valence-corrected chi connectivity index (χ3v) is 11.3. The lowest BCUT2D eigenvalue weighted by molar-refractivity contribution is -0.143. The van der Waals surface area contributed by atoms with Crippen molar-refractivity contribution in [3.05, 3.63) is 65.1 Å². The lowest BCUT2D eigenvalue weighted by atomic mass is 9.70. The number of anilines is 2. The Morgan fingerprint density at radius 2 is 1.85 bits per heavy atom. The van der Waals surface area contributed by atoms with Gasteiger partial charge in [0.25, 0.3) is 0 Å². The number of nitrogens with zero attached hydrogens (tertiary/aromatic N) is 6. The minimum absolute atomic E-state index is 0.00682. The molecule has 1 aromatic carbocycles. The smallest absolute Gasteiger partial charge is 0.306 e. The molecular weight excluding hydrogens is 574 g/mol. The van der Waals surface area contributed by atoms with Gasteiger partial charge in [0.05, 0.1) is 23.9 Å². The topological polar surface area (TPSA) is 99.4 Å². The Balaban J connectivity index is 1.35. The fraction of sp³-hybridized carbons (Fsp3) is 0.622. The van der Waals surface area contributed by atoms with Gasteiger partial charge in [0, 0.05) is 44.0 Å². The summed E-state index contributed by atoms with van der Waals surface area (Å²) in [4.78, 5) is 27.2. The van der Waals surface area contributed by atoms with Gasteiger partial charge in [-0.25, -0.2) is 4.98 Å². The van der Waals surface area contributed by atoms with Crippen LogP contribution >= 0.6 is 0 Å². The second-order valence-electron chi connectivity index (χ2n) is 14.4. The Morgan fingerprint density at radius 1 is 1.11 bits per heavy atom. The zero-order valence-corrected chi connectivity index (χ0v) is 28.3. The molecule has 2 aliphatic carbocycles. The number of benzene rings is 1. The Bertz CT molecular complexity index is 1460. The highest BCUT2D eigenvalue weighted by molar-refractivity contribution is 5.70. The number of hydrogen-bond donors (Lipinski definition) is 2. The van der Waals surface area contributed by atoms with Crippen LogP contribution in [0.15, 0.2) is 42.7 Å². The van der Waals surface area contributed by atoms with Gasteiger partial charge in [-0.15, -0.1) is 0 Å². The zero-order chi connectivity index (χ0) is 32.3. The van der Waals surface area contributed by atoms with E-state index in [9.17, 15) is 9.90 Å². The highest BCUT2D eigenvalue weighted by Gasteiger charge is 2.37. The molecule has 1 saturated heterocycles. The van der Waals surface area contributed by atoms with Crippen LogP contribution < -0.4 is 10.2 Å². The van der Waals surface area contributed by atoms with E-state index < -0.39 is 5.97 Å². The van der Waals surface area contributed by atoms with Crippen LogP contribution in [0.2, 0.25) is 0 Å². The molecule has 0 amide bonds. The van der Waals surface area contributed by atoms with Crippen molar-refractivity contribution in [3.63, 3.8) is 0 Å². The van der Waals surface area contributed by atoms with Crippen LogP contribution in [0.5, 0.6) is 0 Å². The van der Waals surface area contributed by atoms with Crippen LogP contribution in [-0.4, -0.2) is 68.4 Å². The average molecular weight is 628 g/mol. The second kappa shape index (κ2) is 14.1. The van der Waals surface area contributed by atoms with Crippen LogP contribution in [0.4, 0.5) is 11.8 Å². The predicted molar refractivity (Wildman–Crippen MR) is 183 cm³/mol. The van der Waals surface area contributed by atoms with Crippen LogP contribution in [0.3, 0.4) is 0 Å². The Kier molecular flexibility index (Phi) is 9.97. The molecule has 2 N–H and O–H groups in total. The van der Waals surface area contributed by atoms with E-state index in [4.69, 9.17) is 9.97 Å². The minimum Gasteiger partial charge on any atom is -0.481 e. The van der Waals surface area contributed by atoms with Gasteiger partial charge in [0.15, 0.2) is 0 Å². The van der Waals surface area contributed by atoms with Gasteiger partial charge in [0.1, 0.15) is 5.82 Å². The van der Waals surface area contributed by atoms with E-state index in [1.807, 2.05) is 17.9 Å². The van der Waals surface area contributed by atoms with Crippen molar-refractivity contribution < 1.29 is 9.90 Å². The number of carbonyl (C=O) groups is 1. The summed E-state index contributed by atoms with van der Waals surface area (Å²) in [6, 6.07) is 11.2. The van der Waals surface area contributed by atoms with Gasteiger partial charge in [-0.1, -0.05) is 50.6 Å². The summed E-state index contributed by atoms with van der Waals surface area (Å²) in [7, 11) is 4.13. The SMILES string of the molecule is CC[C@H](C1CCC(C(=O)O)CC1)N(C)c1nc2c(c(N[C@@H](CN3CCCCC3)c3cnn(C)c3)n1)C[C@](C)(c1ccccc1)CC2. The molecule has 1 saturated carbocycles. The van der Waals surface area contributed by atoms with Crippen molar-refractivity contribution in [1.29, 1.82) is 0 Å². The molecule has 2 aromatic heterocycles. The molecule has 3 aliphatic rings. The summed E-state index contributed by atoms with van der Waals surface area (Å²) in [6.07, 6.45) is 15.1. The standard InChI is InChI=1S/C37H53N7O2/c1-5-33(26-14-16-27(17-15-26)35(45)46)43(4)36-40-31-18-19-37(2,29-12-8-6-9-13-29)22-30(31)34(41-36)39-32(28-23-38-42(3)24-28)25-44-20-10-7-11-21-44/h6,8-9,12-13,23-24,26-27,32-33H,5,7,10-11,14-22,25H2,1-4H3,(H,45,46)(H,39,40,41)/t26?,27?,32-,33+,37+/m0/s1. The van der Waals surface area contributed by atoms with Gasteiger partial charge < -0.3 is 20.2 Å². The highest BCUT2D eigenvalue weighted by Crippen LogP contribution is 2.42. The summed E-state index contributed by atoms with van der Waals surface area (Å²) in [5.74, 6) is 1.30. The molecule has 0 radical (unpaired) electrons. The average Bonchev–Trinajstić information content (AvgIpc) is 3.52. The summed E-state index contributed by atoms with van der Waals surface area (Å²) in [6.45, 7) is 7.80. The van der Waals surface area contributed by atoms with E-state index in [0.717, 1.165) is 88.5 Å². The van der Waals surface area contributed by atoms with E-state index in [1.54, 1.807) is 0 Å². The first-order valence-corrected chi connectivity index (χ1v) is 17.6. The fourth-order valence-electron chi connectivity index (χ4n) is 8.39. The molecule has 3 heterocycles. The number of carboxylic acids is 1. The van der Waals surface area contributed by atoms with Crippen molar-refractivity contribution >= 4 is 17.7 Å². The molecule has 46 heavy (non-hydrogen) atoms. The van der Waals surface area contributed by atoms with Crippen molar-refractivity contribution in [2.45, 2.75) is 102 Å². The van der Waals surface area contributed by atoms with Gasteiger partial charge in [-0.2, -0.15) is 10.1 Å². The van der Waals surface area contributed by atoms with E-state index in [0.29, 0.717) is 5.92 Å². The number of aromatic nitrogens is 4. The van der Waals surface area contributed by atoms with Crippen molar-refractivity contribution in [2.75, 3.05) is 36.9 Å². The molecule has 0 spiro atoms. The Labute approximate surface area is 274 Å². The van der Waals surface area contributed by atoms with Crippen LogP contribution in [0, 0.1) is 11.8 Å². The van der Waals surface area contributed by atoms with E-state index in [2.05, 4.69) is 77.6 Å². The number of likely N-dealkylation sites (tertiary alicyclic amines) is 1. The zero-order valence-electron chi connectivity index (χ0n) is 28.3. The number of fused-ring (bicyclic) bond motifs is 1. The van der Waals surface area contributed by atoms with Gasteiger partial charge >= 0.3 is 5.97 Å². The third-order valence-electron chi connectivity index (χ3n) is 11.3. The Hall–Kier alpha value is -3.46. The largest absolute Gasteiger partial charge is 0.481 e. The Morgan fingerprint density at radius 3 is 2.50 bits per heavy atom. The number of piperidine rings is 1. The molecule has 248 valence electrons. The lowest BCUT2D eigenvalue weighted by Gasteiger charge is -2.39. The van der Waals surface area contributed by atoms with Gasteiger partial charge in [-0.05, 0) is 94.2 Å². The monoisotopic (exact) mass is 627 g/mol. The molecule has 3 atom stereocenters. The van der Waals surface area contributed by atoms with Crippen LogP contribution in [0.1, 0.15) is 100 Å². The predicted octanol–water partition coefficient (Wildman–Crippen LogP) is 6.40. The van der Waals surface area contributed by atoms with Crippen molar-refractivity contribution in [3.8, 4) is 0 Å². The first-order valence-electron chi connectivity index (χ1n) is 17.6. The molecule has 9 heteroatoms. The number of nitrogens with one attached hydrogen (secondary N) is 1. The second-order valence-corrected chi connectivity index (χ2v) is 14.4. The van der Waals surface area contributed by atoms with Crippen molar-refractivity contribution in [1.82, 2.24) is 24.6 Å². The first kappa shape index (κ1) is 32.5. The summed E-state index contributed by atoms with van der Waals surface area (Å²) < 4.78 is 1.90. The lowest BCUT2D eigenvalue weighted by Crippen LogP contribution is -2.41. The first-order chi connectivity index (χ1) is 22.2. The molecule has 6 rings (SSSR count). The molecular formula is C37H53N7O2. The number of carboxylic acid groups (broad SMARTS) is 1. The van der Waals surface area contributed by atoms with Gasteiger partial charge in [-0.3, -0.25) is 9.48 Å². The van der Waals surface area contributed by atoms with Crippen molar-refractivity contribution in [2.24, 2.45) is 18.9 Å². The maximum Gasteiger partial charge on any atom is 0.306 e. The molecule has 0 unspecified atom stereocenters. The van der Waals surface area contributed by atoms with E-state index >= 15 is 0 Å². The summed E-state index contributed by atoms with van der Waals surface area (Å²) in [5, 5.41) is 18.1.